The molecule has 0 bridgehead atoms. The van der Waals surface area contributed by atoms with Crippen molar-refractivity contribution in [2.45, 2.75) is 26.8 Å². The van der Waals surface area contributed by atoms with E-state index in [1.165, 1.54) is 0 Å². The summed E-state index contributed by atoms with van der Waals surface area (Å²) < 4.78 is 0. The summed E-state index contributed by atoms with van der Waals surface area (Å²) in [5.74, 6) is 5.07. The molecule has 0 aromatic rings. The first-order chi connectivity index (χ1) is 8.77. The highest BCUT2D eigenvalue weighted by Gasteiger charge is 2.45. The Morgan fingerprint density at radius 2 is 1.84 bits per heavy atom. The van der Waals surface area contributed by atoms with E-state index in [9.17, 15) is 9.59 Å². The molecule has 9 heteroatoms. The molecule has 0 radical (unpaired) electrons. The van der Waals surface area contributed by atoms with Crippen molar-refractivity contribution in [2.24, 2.45) is 23.2 Å². The average molecular weight is 274 g/mol. The minimum absolute atomic E-state index is 0.0669. The quantitative estimate of drug-likeness (QED) is 0.287. The Morgan fingerprint density at radius 1 is 1.37 bits per heavy atom. The Morgan fingerprint density at radius 3 is 2.11 bits per heavy atom. The number of hydrogen-bond donors (Lipinski definition) is 4. The summed E-state index contributed by atoms with van der Waals surface area (Å²) in [6, 6.07) is -1.45. The van der Waals surface area contributed by atoms with Gasteiger partial charge in [-0.25, -0.2) is 19.9 Å². The number of imide groups is 1. The summed E-state index contributed by atoms with van der Waals surface area (Å²) >= 11 is 0. The topological polar surface area (TPSA) is 148 Å². The molecule has 1 heterocycles. The molecule has 110 valence electrons. The number of urea groups is 2. The van der Waals surface area contributed by atoms with Crippen LogP contribution in [0.15, 0.2) is 0 Å². The molecule has 0 aromatic carbocycles. The van der Waals surface area contributed by atoms with Gasteiger partial charge in [0, 0.05) is 6.54 Å². The lowest BCUT2D eigenvalue weighted by Crippen LogP contribution is -2.42. The van der Waals surface area contributed by atoms with Gasteiger partial charge in [0.2, 0.25) is 0 Å². The number of nitrogens with two attached hydrogens (primary N) is 3. The van der Waals surface area contributed by atoms with Crippen molar-refractivity contribution in [3.05, 3.63) is 0 Å². The number of likely N-dealkylation sites (N-methyl/N-ethyl adjacent to an activating group) is 1. The Kier molecular flexibility index (Phi) is 6.80. The summed E-state index contributed by atoms with van der Waals surface area (Å²) in [6.07, 6.45) is 0. The summed E-state index contributed by atoms with van der Waals surface area (Å²) in [6.45, 7) is 6.32. The third kappa shape index (κ3) is 4.38. The molecule has 1 unspecified atom stereocenters. The van der Waals surface area contributed by atoms with Gasteiger partial charge < -0.3 is 16.4 Å². The van der Waals surface area contributed by atoms with E-state index < -0.39 is 6.03 Å². The number of amides is 5. The first-order valence-electron chi connectivity index (χ1n) is 5.88. The fraction of sp³-hybridized carbons (Fsp3) is 0.700. The molecule has 5 amide bonds. The first-order valence-corrected chi connectivity index (χ1v) is 5.88. The predicted molar refractivity (Wildman–Crippen MR) is 69.2 cm³/mol. The van der Waals surface area contributed by atoms with Crippen molar-refractivity contribution in [3.8, 4) is 0 Å². The lowest BCUT2D eigenvalue weighted by molar-refractivity contribution is -0.129. The first kappa shape index (κ1) is 17.1. The van der Waals surface area contributed by atoms with E-state index in [1.54, 1.807) is 4.90 Å². The van der Waals surface area contributed by atoms with E-state index in [1.807, 2.05) is 20.8 Å². The van der Waals surface area contributed by atoms with Gasteiger partial charge in [0.15, 0.2) is 0 Å². The third-order valence-corrected chi connectivity index (χ3v) is 2.55. The SMILES string of the molecule is CCN1C(=O)N(CNN)C(=O)C1C(C)C.NC(N)=O. The highest BCUT2D eigenvalue weighted by atomic mass is 16.2. The van der Waals surface area contributed by atoms with Crippen LogP contribution in [0.5, 0.6) is 0 Å². The Hall–Kier alpha value is -1.87. The molecule has 0 spiro atoms. The number of hydrazine groups is 1. The smallest absolute Gasteiger partial charge is 0.328 e. The number of carbonyl (C=O) groups is 3. The molecular formula is C10H22N6O3. The molecule has 19 heavy (non-hydrogen) atoms. The fourth-order valence-corrected chi connectivity index (χ4v) is 1.88. The van der Waals surface area contributed by atoms with E-state index in [4.69, 9.17) is 10.6 Å². The zero-order valence-electron chi connectivity index (χ0n) is 11.4. The van der Waals surface area contributed by atoms with E-state index in [0.29, 0.717) is 6.54 Å². The highest BCUT2D eigenvalue weighted by Crippen LogP contribution is 2.22. The summed E-state index contributed by atoms with van der Waals surface area (Å²) in [7, 11) is 0. The van der Waals surface area contributed by atoms with Crippen LogP contribution in [0.4, 0.5) is 9.59 Å². The van der Waals surface area contributed by atoms with Crippen molar-refractivity contribution < 1.29 is 14.4 Å². The van der Waals surface area contributed by atoms with Crippen LogP contribution < -0.4 is 22.7 Å². The second kappa shape index (κ2) is 7.54. The molecule has 1 rings (SSSR count). The molecule has 1 aliphatic heterocycles. The Balaban J connectivity index is 0.000000711. The summed E-state index contributed by atoms with van der Waals surface area (Å²) in [4.78, 5) is 35.4. The van der Waals surface area contributed by atoms with Crippen molar-refractivity contribution in [3.63, 3.8) is 0 Å². The highest BCUT2D eigenvalue weighted by molar-refractivity contribution is 6.04. The predicted octanol–water partition coefficient (Wildman–Crippen LogP) is -1.26. The van der Waals surface area contributed by atoms with Gasteiger partial charge in [0.25, 0.3) is 5.91 Å². The second-order valence-corrected chi connectivity index (χ2v) is 4.29. The molecule has 1 saturated heterocycles. The van der Waals surface area contributed by atoms with Gasteiger partial charge in [-0.15, -0.1) is 0 Å². The van der Waals surface area contributed by atoms with E-state index in [2.05, 4.69) is 16.9 Å². The van der Waals surface area contributed by atoms with Gasteiger partial charge in [-0.05, 0) is 12.8 Å². The number of nitrogens with one attached hydrogen (secondary N) is 1. The second-order valence-electron chi connectivity index (χ2n) is 4.29. The fourth-order valence-electron chi connectivity index (χ4n) is 1.88. The largest absolute Gasteiger partial charge is 0.352 e. The van der Waals surface area contributed by atoms with E-state index in [-0.39, 0.29) is 30.6 Å². The number of rotatable bonds is 4. The van der Waals surface area contributed by atoms with Crippen LogP contribution in [0.2, 0.25) is 0 Å². The van der Waals surface area contributed by atoms with Crippen LogP contribution in [-0.2, 0) is 4.79 Å². The Labute approximate surface area is 112 Å². The Bertz CT molecular complexity index is 342. The minimum atomic E-state index is -0.833. The lowest BCUT2D eigenvalue weighted by atomic mass is 10.0. The maximum Gasteiger partial charge on any atom is 0.328 e. The molecule has 1 aliphatic rings. The van der Waals surface area contributed by atoms with Gasteiger partial charge in [-0.3, -0.25) is 10.6 Å². The summed E-state index contributed by atoms with van der Waals surface area (Å²) in [5, 5.41) is 0. The van der Waals surface area contributed by atoms with Gasteiger partial charge in [-0.1, -0.05) is 13.8 Å². The van der Waals surface area contributed by atoms with Crippen LogP contribution >= 0.6 is 0 Å². The average Bonchev–Trinajstić information content (AvgIpc) is 2.52. The van der Waals surface area contributed by atoms with Gasteiger partial charge >= 0.3 is 12.1 Å². The zero-order chi connectivity index (χ0) is 15.2. The van der Waals surface area contributed by atoms with Crippen molar-refractivity contribution in [1.82, 2.24) is 15.2 Å². The lowest BCUT2D eigenvalue weighted by Gasteiger charge is -2.22. The number of primary amides is 2. The molecule has 0 aromatic heterocycles. The van der Waals surface area contributed by atoms with Gasteiger partial charge in [0.05, 0.1) is 6.67 Å². The number of nitrogens with zero attached hydrogens (tertiary/aromatic N) is 2. The third-order valence-electron chi connectivity index (χ3n) is 2.55. The number of carbonyl (C=O) groups excluding carboxylic acids is 3. The van der Waals surface area contributed by atoms with Gasteiger partial charge in [-0.2, -0.15) is 0 Å². The van der Waals surface area contributed by atoms with Crippen molar-refractivity contribution in [2.75, 3.05) is 13.2 Å². The normalized spacial score (nSPS) is 18.7. The molecule has 1 fully saturated rings. The monoisotopic (exact) mass is 274 g/mol. The molecule has 0 saturated carbocycles. The van der Waals surface area contributed by atoms with E-state index in [0.717, 1.165) is 4.90 Å². The maximum atomic E-state index is 11.9. The van der Waals surface area contributed by atoms with Crippen LogP contribution in [0.1, 0.15) is 20.8 Å². The standard InChI is InChI=1S/C9H18N4O2.CH4N2O/c1-4-12-7(6(2)3)8(14)13(5-11-10)9(12)15;2-1(3)4/h6-7,11H,4-5,10H2,1-3H3;(H4,2,3,4). The van der Waals surface area contributed by atoms with Crippen molar-refractivity contribution in [1.29, 1.82) is 0 Å². The summed E-state index contributed by atoms with van der Waals surface area (Å²) in [5.41, 5.74) is 10.8. The van der Waals surface area contributed by atoms with E-state index >= 15 is 0 Å². The zero-order valence-corrected chi connectivity index (χ0v) is 11.4. The van der Waals surface area contributed by atoms with Crippen LogP contribution in [0.25, 0.3) is 0 Å². The van der Waals surface area contributed by atoms with Crippen molar-refractivity contribution >= 4 is 18.0 Å². The molecule has 9 nitrogen and oxygen atoms in total. The minimum Gasteiger partial charge on any atom is -0.352 e. The molecular weight excluding hydrogens is 252 g/mol. The van der Waals surface area contributed by atoms with Crippen LogP contribution in [0.3, 0.4) is 0 Å². The molecule has 0 aliphatic carbocycles. The number of hydrogen-bond acceptors (Lipinski definition) is 5. The van der Waals surface area contributed by atoms with Gasteiger partial charge in [0.1, 0.15) is 6.04 Å². The van der Waals surface area contributed by atoms with Crippen LogP contribution in [-0.4, -0.2) is 47.0 Å². The molecule has 1 atom stereocenters. The molecule has 7 N–H and O–H groups in total. The van der Waals surface area contributed by atoms with Crippen LogP contribution in [0, 0.1) is 5.92 Å². The maximum absolute atomic E-state index is 11.9.